The lowest BCUT2D eigenvalue weighted by atomic mass is 9.99. The third kappa shape index (κ3) is 2.49. The second kappa shape index (κ2) is 5.98. The molecule has 0 saturated carbocycles. The minimum absolute atomic E-state index is 0.204. The molecule has 0 saturated heterocycles. The normalized spacial score (nSPS) is 17.8. The lowest BCUT2D eigenvalue weighted by molar-refractivity contribution is 0.165. The van der Waals surface area contributed by atoms with Gasteiger partial charge >= 0.3 is 5.76 Å². The van der Waals surface area contributed by atoms with Crippen LogP contribution in [-0.4, -0.2) is 16.0 Å². The van der Waals surface area contributed by atoms with Crippen molar-refractivity contribution in [2.24, 2.45) is 0 Å². The molecule has 1 aliphatic rings. The summed E-state index contributed by atoms with van der Waals surface area (Å²) in [6.45, 7) is 1.47. The summed E-state index contributed by atoms with van der Waals surface area (Å²) < 4.78 is 7.15. The van der Waals surface area contributed by atoms with E-state index in [-0.39, 0.29) is 11.8 Å². The quantitative estimate of drug-likeness (QED) is 0.540. The van der Waals surface area contributed by atoms with E-state index in [4.69, 9.17) is 4.42 Å². The Hall–Kier alpha value is -2.15. The maximum absolute atomic E-state index is 12.4. The molecule has 4 nitrogen and oxygen atoms in total. The molecular formula is C19H16N2O2S2. The van der Waals surface area contributed by atoms with E-state index in [2.05, 4.69) is 33.9 Å². The summed E-state index contributed by atoms with van der Waals surface area (Å²) >= 11 is 3.61. The summed E-state index contributed by atoms with van der Waals surface area (Å²) in [5.74, 6) is -0.290. The summed E-state index contributed by atoms with van der Waals surface area (Å²) in [6.07, 6.45) is 1.03. The SMILES string of the molecule is O=c1oc2ccccc2n1CN1CCc2sccc2C1c1cccs1. The van der Waals surface area contributed by atoms with Gasteiger partial charge in [-0.2, -0.15) is 0 Å². The summed E-state index contributed by atoms with van der Waals surface area (Å²) in [5, 5.41) is 4.29. The number of hydrogen-bond acceptors (Lipinski definition) is 5. The third-order valence-corrected chi connectivity index (χ3v) is 6.70. The fourth-order valence-electron chi connectivity index (χ4n) is 3.63. The van der Waals surface area contributed by atoms with Crippen molar-refractivity contribution in [2.45, 2.75) is 19.1 Å². The van der Waals surface area contributed by atoms with Gasteiger partial charge in [-0.15, -0.1) is 22.7 Å². The number of rotatable bonds is 3. The van der Waals surface area contributed by atoms with Gasteiger partial charge in [0, 0.05) is 16.3 Å². The molecule has 25 heavy (non-hydrogen) atoms. The van der Waals surface area contributed by atoms with Crippen molar-refractivity contribution in [3.8, 4) is 0 Å². The number of hydrogen-bond donors (Lipinski definition) is 0. The number of oxazole rings is 1. The van der Waals surface area contributed by atoms with Gasteiger partial charge in [0.2, 0.25) is 0 Å². The van der Waals surface area contributed by atoms with Crippen LogP contribution < -0.4 is 5.76 Å². The molecule has 1 aliphatic heterocycles. The summed E-state index contributed by atoms with van der Waals surface area (Å²) in [5.41, 5.74) is 2.88. The first-order chi connectivity index (χ1) is 12.3. The number of para-hydroxylation sites is 2. The predicted octanol–water partition coefficient (Wildman–Crippen LogP) is 4.32. The average Bonchev–Trinajstić information content (AvgIpc) is 3.35. The molecule has 4 heterocycles. The number of fused-ring (bicyclic) bond motifs is 2. The van der Waals surface area contributed by atoms with Gasteiger partial charge in [-0.25, -0.2) is 4.79 Å². The van der Waals surface area contributed by atoms with E-state index in [0.717, 1.165) is 18.5 Å². The Morgan fingerprint density at radius 2 is 2.00 bits per heavy atom. The fraction of sp³-hybridized carbons (Fsp3) is 0.211. The van der Waals surface area contributed by atoms with Crippen LogP contribution in [0.3, 0.4) is 0 Å². The molecule has 0 aliphatic carbocycles. The molecule has 0 fully saturated rings. The summed E-state index contributed by atoms with van der Waals surface area (Å²) in [7, 11) is 0. The Balaban J connectivity index is 1.59. The molecule has 0 N–H and O–H groups in total. The van der Waals surface area contributed by atoms with Crippen LogP contribution in [0.4, 0.5) is 0 Å². The van der Waals surface area contributed by atoms with Gasteiger partial charge in [-0.05, 0) is 47.0 Å². The van der Waals surface area contributed by atoms with Crippen LogP contribution in [0.1, 0.15) is 21.4 Å². The van der Waals surface area contributed by atoms with Crippen LogP contribution in [0.2, 0.25) is 0 Å². The Labute approximate surface area is 152 Å². The molecule has 0 spiro atoms. The zero-order chi connectivity index (χ0) is 16.8. The number of nitrogens with zero attached hydrogens (tertiary/aromatic N) is 2. The van der Waals surface area contributed by atoms with E-state index < -0.39 is 0 Å². The second-order valence-electron chi connectivity index (χ2n) is 6.18. The number of aromatic nitrogens is 1. The molecule has 0 radical (unpaired) electrons. The van der Waals surface area contributed by atoms with Gasteiger partial charge in [0.15, 0.2) is 5.58 Å². The number of benzene rings is 1. The maximum Gasteiger partial charge on any atom is 0.421 e. The largest absolute Gasteiger partial charge is 0.421 e. The van der Waals surface area contributed by atoms with Crippen LogP contribution in [0.15, 0.2) is 62.4 Å². The van der Waals surface area contributed by atoms with Crippen LogP contribution in [0.25, 0.3) is 11.1 Å². The zero-order valence-electron chi connectivity index (χ0n) is 13.4. The minimum Gasteiger partial charge on any atom is -0.408 e. The van der Waals surface area contributed by atoms with Crippen LogP contribution in [0.5, 0.6) is 0 Å². The first-order valence-corrected chi connectivity index (χ1v) is 9.99. The van der Waals surface area contributed by atoms with Gasteiger partial charge in [0.05, 0.1) is 18.2 Å². The topological polar surface area (TPSA) is 38.4 Å². The van der Waals surface area contributed by atoms with Crippen molar-refractivity contribution in [3.05, 3.63) is 79.1 Å². The first kappa shape index (κ1) is 15.1. The zero-order valence-corrected chi connectivity index (χ0v) is 15.1. The highest BCUT2D eigenvalue weighted by Crippen LogP contribution is 2.39. The molecule has 1 aromatic carbocycles. The molecule has 6 heteroatoms. The summed E-state index contributed by atoms with van der Waals surface area (Å²) in [4.78, 5) is 17.5. The predicted molar refractivity (Wildman–Crippen MR) is 101 cm³/mol. The van der Waals surface area contributed by atoms with Gasteiger partial charge < -0.3 is 4.42 Å². The third-order valence-electron chi connectivity index (χ3n) is 4.78. The second-order valence-corrected chi connectivity index (χ2v) is 8.16. The minimum atomic E-state index is -0.290. The molecule has 3 aromatic heterocycles. The van der Waals surface area contributed by atoms with Crippen molar-refractivity contribution < 1.29 is 4.42 Å². The molecule has 1 unspecified atom stereocenters. The van der Waals surface area contributed by atoms with E-state index >= 15 is 0 Å². The number of thiophene rings is 2. The van der Waals surface area contributed by atoms with E-state index in [1.54, 1.807) is 15.9 Å². The molecular weight excluding hydrogens is 352 g/mol. The van der Waals surface area contributed by atoms with Crippen molar-refractivity contribution in [1.29, 1.82) is 0 Å². The Kier molecular flexibility index (Phi) is 3.62. The van der Waals surface area contributed by atoms with Crippen LogP contribution in [-0.2, 0) is 13.1 Å². The van der Waals surface area contributed by atoms with Gasteiger partial charge in [0.1, 0.15) is 0 Å². The van der Waals surface area contributed by atoms with Crippen molar-refractivity contribution in [1.82, 2.24) is 9.47 Å². The Bertz CT molecular complexity index is 1070. The fourth-order valence-corrected chi connectivity index (χ4v) is 5.41. The van der Waals surface area contributed by atoms with E-state index in [1.165, 1.54) is 15.3 Å². The lowest BCUT2D eigenvalue weighted by Gasteiger charge is -2.35. The van der Waals surface area contributed by atoms with Gasteiger partial charge in [-0.1, -0.05) is 18.2 Å². The monoisotopic (exact) mass is 368 g/mol. The molecule has 1 atom stereocenters. The smallest absolute Gasteiger partial charge is 0.408 e. The standard InChI is InChI=1S/C19H16N2O2S2/c22-19-21(14-4-1-2-5-15(14)23-19)12-20-9-7-16-13(8-11-25-16)18(20)17-6-3-10-24-17/h1-6,8,10-11,18H,7,9,12H2. The van der Waals surface area contributed by atoms with Crippen LogP contribution >= 0.6 is 22.7 Å². The Morgan fingerprint density at radius 3 is 2.88 bits per heavy atom. The Morgan fingerprint density at radius 1 is 1.08 bits per heavy atom. The van der Waals surface area contributed by atoms with E-state index in [1.807, 2.05) is 35.6 Å². The first-order valence-electron chi connectivity index (χ1n) is 8.23. The summed E-state index contributed by atoms with van der Waals surface area (Å²) in [6, 6.07) is 14.3. The van der Waals surface area contributed by atoms with Gasteiger partial charge in [0.25, 0.3) is 0 Å². The van der Waals surface area contributed by atoms with E-state index in [9.17, 15) is 4.79 Å². The average molecular weight is 368 g/mol. The van der Waals surface area contributed by atoms with Crippen molar-refractivity contribution >= 4 is 33.8 Å². The van der Waals surface area contributed by atoms with Gasteiger partial charge in [-0.3, -0.25) is 9.47 Å². The molecule has 126 valence electrons. The van der Waals surface area contributed by atoms with Crippen LogP contribution in [0, 0.1) is 0 Å². The van der Waals surface area contributed by atoms with Crippen molar-refractivity contribution in [3.63, 3.8) is 0 Å². The highest BCUT2D eigenvalue weighted by Gasteiger charge is 2.31. The molecule has 5 rings (SSSR count). The molecule has 0 amide bonds. The molecule has 0 bridgehead atoms. The van der Waals surface area contributed by atoms with Crippen molar-refractivity contribution in [2.75, 3.05) is 6.54 Å². The highest BCUT2D eigenvalue weighted by atomic mass is 32.1. The lowest BCUT2D eigenvalue weighted by Crippen LogP contribution is -2.38. The molecule has 4 aromatic rings. The maximum atomic E-state index is 12.4. The van der Waals surface area contributed by atoms with E-state index in [0.29, 0.717) is 12.3 Å². The highest BCUT2D eigenvalue weighted by molar-refractivity contribution is 7.10.